The van der Waals surface area contributed by atoms with Gasteiger partial charge in [0.1, 0.15) is 5.82 Å². The molecule has 0 aliphatic heterocycles. The zero-order valence-corrected chi connectivity index (χ0v) is 22.4. The van der Waals surface area contributed by atoms with Crippen molar-refractivity contribution in [2.45, 2.75) is 0 Å². The molecule has 0 N–H and O–H groups in total. The summed E-state index contributed by atoms with van der Waals surface area (Å²) in [5, 5.41) is 9.88. The fourth-order valence-corrected chi connectivity index (χ4v) is 6.34. The largest absolute Gasteiger partial charge is 0.294 e. The first-order valence-corrected chi connectivity index (χ1v) is 14.0. The zero-order chi connectivity index (χ0) is 27.2. The molecule has 0 saturated carbocycles. The summed E-state index contributed by atoms with van der Waals surface area (Å²) in [6.45, 7) is 0. The molecule has 0 unspecified atom stereocenters. The Kier molecular flexibility index (Phi) is 5.49. The van der Waals surface area contributed by atoms with Gasteiger partial charge in [-0.05, 0) is 73.8 Å². The summed E-state index contributed by atoms with van der Waals surface area (Å²) in [6.07, 6.45) is 1.87. The molecular formula is C39H26N2. The van der Waals surface area contributed by atoms with Crippen molar-refractivity contribution in [2.24, 2.45) is 0 Å². The maximum Gasteiger partial charge on any atom is 0.137 e. The molecule has 41 heavy (non-hydrogen) atoms. The quantitative estimate of drug-likeness (QED) is 0.169. The van der Waals surface area contributed by atoms with Crippen LogP contribution in [-0.4, -0.2) is 4.98 Å². The third-order valence-corrected chi connectivity index (χ3v) is 8.06. The second kappa shape index (κ2) is 9.62. The van der Waals surface area contributed by atoms with E-state index in [1.165, 1.54) is 54.2 Å². The summed E-state index contributed by atoms with van der Waals surface area (Å²) in [5.74, 6) is 0.887. The van der Waals surface area contributed by atoms with Crippen LogP contribution in [0.4, 0.5) is 17.2 Å². The molecule has 0 radical (unpaired) electrons. The van der Waals surface area contributed by atoms with Gasteiger partial charge >= 0.3 is 0 Å². The van der Waals surface area contributed by atoms with Gasteiger partial charge in [0.2, 0.25) is 0 Å². The van der Waals surface area contributed by atoms with Crippen molar-refractivity contribution in [2.75, 3.05) is 4.90 Å². The Morgan fingerprint density at radius 3 is 1.61 bits per heavy atom. The molecule has 0 saturated heterocycles. The van der Waals surface area contributed by atoms with Crippen LogP contribution in [-0.2, 0) is 0 Å². The van der Waals surface area contributed by atoms with Crippen LogP contribution >= 0.6 is 0 Å². The highest BCUT2D eigenvalue weighted by Crippen LogP contribution is 2.49. The lowest BCUT2D eigenvalue weighted by molar-refractivity contribution is 1.19. The molecule has 8 rings (SSSR count). The molecule has 0 amide bonds. The number of anilines is 3. The lowest BCUT2D eigenvalue weighted by atomic mass is 9.86. The molecule has 0 aliphatic rings. The number of hydrogen-bond acceptors (Lipinski definition) is 2. The van der Waals surface area contributed by atoms with Crippen LogP contribution in [0.3, 0.4) is 0 Å². The smallest absolute Gasteiger partial charge is 0.137 e. The predicted octanol–water partition coefficient (Wildman–Crippen LogP) is 10.8. The molecule has 7 aromatic carbocycles. The molecule has 192 valence electrons. The number of rotatable bonds is 4. The Balaban J connectivity index is 1.55. The number of benzene rings is 7. The van der Waals surface area contributed by atoms with Crippen molar-refractivity contribution < 1.29 is 0 Å². The molecule has 2 nitrogen and oxygen atoms in total. The van der Waals surface area contributed by atoms with E-state index >= 15 is 0 Å². The van der Waals surface area contributed by atoms with Crippen molar-refractivity contribution in [3.05, 3.63) is 158 Å². The van der Waals surface area contributed by atoms with Gasteiger partial charge in [-0.2, -0.15) is 0 Å². The summed E-state index contributed by atoms with van der Waals surface area (Å²) in [4.78, 5) is 7.13. The summed E-state index contributed by atoms with van der Waals surface area (Å²) >= 11 is 0. The first kappa shape index (κ1) is 23.4. The van der Waals surface area contributed by atoms with E-state index in [-0.39, 0.29) is 0 Å². The Bertz CT molecular complexity index is 2110. The summed E-state index contributed by atoms with van der Waals surface area (Å²) in [7, 11) is 0. The molecule has 0 aliphatic carbocycles. The van der Waals surface area contributed by atoms with Gasteiger partial charge in [-0.25, -0.2) is 4.98 Å². The van der Waals surface area contributed by atoms with E-state index in [2.05, 4.69) is 150 Å². The van der Waals surface area contributed by atoms with Gasteiger partial charge in [0.15, 0.2) is 0 Å². The lowest BCUT2D eigenvalue weighted by Gasteiger charge is -2.28. The van der Waals surface area contributed by atoms with Crippen LogP contribution in [0.5, 0.6) is 0 Å². The minimum Gasteiger partial charge on any atom is -0.294 e. The average molecular weight is 523 g/mol. The van der Waals surface area contributed by atoms with Gasteiger partial charge in [-0.1, -0.05) is 121 Å². The molecule has 2 heteroatoms. The van der Waals surface area contributed by atoms with Crippen molar-refractivity contribution in [1.29, 1.82) is 0 Å². The molecule has 1 heterocycles. The third-order valence-electron chi connectivity index (χ3n) is 8.06. The van der Waals surface area contributed by atoms with Crippen molar-refractivity contribution in [1.82, 2.24) is 4.98 Å². The van der Waals surface area contributed by atoms with Gasteiger partial charge in [-0.15, -0.1) is 0 Å². The fraction of sp³-hybridized carbons (Fsp3) is 0. The molecular weight excluding hydrogens is 496 g/mol. The van der Waals surface area contributed by atoms with Crippen molar-refractivity contribution in [3.63, 3.8) is 0 Å². The maximum atomic E-state index is 4.83. The molecule has 1 aromatic heterocycles. The van der Waals surface area contributed by atoms with Gasteiger partial charge in [0.05, 0.1) is 5.69 Å². The van der Waals surface area contributed by atoms with E-state index in [9.17, 15) is 0 Å². The molecule has 0 fully saturated rings. The highest BCUT2D eigenvalue weighted by atomic mass is 15.2. The maximum absolute atomic E-state index is 4.83. The standard InChI is InChI=1S/C39H26N2/c1-2-15-28(16-3-1)41(37-24-12-13-25-40-37)39-34-22-10-8-20-32(34)38(33-21-9-11-23-35(33)39)36-26-27-14-4-5-17-29(27)30-18-6-7-19-31(30)36/h1-26H. The minimum absolute atomic E-state index is 0.887. The van der Waals surface area contributed by atoms with Crippen LogP contribution in [0.25, 0.3) is 54.2 Å². The Morgan fingerprint density at radius 2 is 0.951 bits per heavy atom. The number of hydrogen-bond donors (Lipinski definition) is 0. The Hall–Kier alpha value is -5.47. The van der Waals surface area contributed by atoms with E-state index in [4.69, 9.17) is 4.98 Å². The highest BCUT2D eigenvalue weighted by Gasteiger charge is 2.23. The predicted molar refractivity (Wildman–Crippen MR) is 174 cm³/mol. The Labute approximate surface area is 238 Å². The lowest BCUT2D eigenvalue weighted by Crippen LogP contribution is -2.12. The van der Waals surface area contributed by atoms with Crippen molar-refractivity contribution in [3.8, 4) is 11.1 Å². The van der Waals surface area contributed by atoms with E-state index in [1.807, 2.05) is 12.3 Å². The van der Waals surface area contributed by atoms with E-state index in [0.717, 1.165) is 17.2 Å². The minimum atomic E-state index is 0.887. The van der Waals surface area contributed by atoms with Crippen LogP contribution in [0.1, 0.15) is 0 Å². The molecule has 8 aromatic rings. The summed E-state index contributed by atoms with van der Waals surface area (Å²) in [5.41, 5.74) is 4.72. The normalized spacial score (nSPS) is 11.4. The van der Waals surface area contributed by atoms with E-state index < -0.39 is 0 Å². The summed E-state index contributed by atoms with van der Waals surface area (Å²) in [6, 6.07) is 54.2. The number of para-hydroxylation sites is 1. The zero-order valence-electron chi connectivity index (χ0n) is 22.4. The van der Waals surface area contributed by atoms with Crippen LogP contribution in [0.15, 0.2) is 158 Å². The topological polar surface area (TPSA) is 16.1 Å². The first-order valence-electron chi connectivity index (χ1n) is 14.0. The third kappa shape index (κ3) is 3.76. The van der Waals surface area contributed by atoms with Crippen LogP contribution < -0.4 is 4.90 Å². The van der Waals surface area contributed by atoms with E-state index in [0.29, 0.717) is 0 Å². The Morgan fingerprint density at radius 1 is 0.415 bits per heavy atom. The average Bonchev–Trinajstić information content (AvgIpc) is 3.05. The number of pyridine rings is 1. The highest BCUT2D eigenvalue weighted by molar-refractivity contribution is 6.26. The van der Waals surface area contributed by atoms with Gasteiger partial charge in [0.25, 0.3) is 0 Å². The van der Waals surface area contributed by atoms with Gasteiger partial charge < -0.3 is 0 Å². The second-order valence-electron chi connectivity index (χ2n) is 10.4. The molecule has 0 bridgehead atoms. The van der Waals surface area contributed by atoms with Crippen LogP contribution in [0, 0.1) is 0 Å². The number of aromatic nitrogens is 1. The van der Waals surface area contributed by atoms with Gasteiger partial charge in [0, 0.05) is 22.7 Å². The number of nitrogens with zero attached hydrogens (tertiary/aromatic N) is 2. The number of fused-ring (bicyclic) bond motifs is 5. The SMILES string of the molecule is c1ccc(N(c2ccccn2)c2c3ccccc3c(-c3cc4ccccc4c4ccccc34)c3ccccc23)cc1. The monoisotopic (exact) mass is 522 g/mol. The van der Waals surface area contributed by atoms with Crippen LogP contribution in [0.2, 0.25) is 0 Å². The summed E-state index contributed by atoms with van der Waals surface area (Å²) < 4.78 is 0. The van der Waals surface area contributed by atoms with E-state index in [1.54, 1.807) is 0 Å². The fourth-order valence-electron chi connectivity index (χ4n) is 6.34. The molecule has 0 atom stereocenters. The first-order chi connectivity index (χ1) is 20.4. The molecule has 0 spiro atoms. The van der Waals surface area contributed by atoms with Crippen molar-refractivity contribution >= 4 is 60.3 Å². The second-order valence-corrected chi connectivity index (χ2v) is 10.4. The van der Waals surface area contributed by atoms with Gasteiger partial charge in [-0.3, -0.25) is 4.90 Å².